The van der Waals surface area contributed by atoms with Crippen molar-refractivity contribution in [3.8, 4) is 11.1 Å². The van der Waals surface area contributed by atoms with E-state index in [1.807, 2.05) is 28.8 Å². The molecule has 0 aliphatic carbocycles. The van der Waals surface area contributed by atoms with Gasteiger partial charge in [-0.2, -0.15) is 5.10 Å². The number of fused-ring (bicyclic) bond motifs is 1. The van der Waals surface area contributed by atoms with E-state index in [0.29, 0.717) is 37.4 Å². The lowest BCUT2D eigenvalue weighted by Crippen LogP contribution is -2.12. The van der Waals surface area contributed by atoms with Crippen LogP contribution in [0.1, 0.15) is 50.1 Å². The van der Waals surface area contributed by atoms with E-state index in [4.69, 9.17) is 21.4 Å². The molecule has 0 saturated heterocycles. The molecule has 0 spiro atoms. The van der Waals surface area contributed by atoms with Gasteiger partial charge in [0.05, 0.1) is 17.8 Å². The van der Waals surface area contributed by atoms with Gasteiger partial charge in [0.2, 0.25) is 0 Å². The molecule has 0 fully saturated rings. The first-order chi connectivity index (χ1) is 15.4. The molecule has 1 atom stereocenters. The van der Waals surface area contributed by atoms with Gasteiger partial charge in [-0.1, -0.05) is 29.6 Å². The maximum atomic E-state index is 11.7. The first kappa shape index (κ1) is 24.4. The van der Waals surface area contributed by atoms with Gasteiger partial charge in [0.1, 0.15) is 5.15 Å². The van der Waals surface area contributed by atoms with Gasteiger partial charge in [0.25, 0.3) is 0 Å². The van der Waals surface area contributed by atoms with E-state index in [1.165, 1.54) is 0 Å². The fourth-order valence-electron chi connectivity index (χ4n) is 3.86. The molecule has 3 aromatic heterocycles. The van der Waals surface area contributed by atoms with Crippen molar-refractivity contribution < 1.29 is 18.3 Å². The van der Waals surface area contributed by atoms with Crippen molar-refractivity contribution in [2.45, 2.75) is 52.4 Å². The van der Waals surface area contributed by atoms with E-state index >= 15 is 0 Å². The first-order valence-corrected chi connectivity index (χ1v) is 12.4. The van der Waals surface area contributed by atoms with Gasteiger partial charge in [-0.25, -0.2) is 9.50 Å². The van der Waals surface area contributed by atoms with E-state index in [9.17, 15) is 13.6 Å². The molecule has 32 heavy (non-hydrogen) atoms. The van der Waals surface area contributed by atoms with E-state index in [-0.39, 0.29) is 11.7 Å². The lowest BCUT2D eigenvalue weighted by molar-refractivity contribution is -0.143. The summed E-state index contributed by atoms with van der Waals surface area (Å²) in [5.41, 5.74) is 5.59. The highest BCUT2D eigenvalue weighted by Crippen LogP contribution is 2.33. The Balaban J connectivity index is 2.07. The van der Waals surface area contributed by atoms with Gasteiger partial charge in [-0.05, 0) is 68.0 Å². The Hall–Kier alpha value is -2.29. The van der Waals surface area contributed by atoms with Crippen LogP contribution in [0.25, 0.3) is 16.6 Å². The van der Waals surface area contributed by atoms with E-state index in [2.05, 4.69) is 11.9 Å². The minimum absolute atomic E-state index is 0.00635. The number of aryl methyl sites for hydroxylation is 2. The summed E-state index contributed by atoms with van der Waals surface area (Å²) >= 11 is 4.03. The number of halogens is 1. The number of nitrogens with zero attached hydrogens (tertiary/aromatic N) is 3. The summed E-state index contributed by atoms with van der Waals surface area (Å²) in [6.45, 7) is 4.22. The highest BCUT2D eigenvalue weighted by molar-refractivity contribution is 7.79. The fourth-order valence-corrected chi connectivity index (χ4v) is 4.39. The SMILES string of the molecule is CCOC(=O)CCCCc1c(CCS(=O)[O-])nn2c(CC)ccc2c1-c1ccnc(Cl)c1. The Morgan fingerprint density at radius 2 is 2.03 bits per heavy atom. The molecule has 0 bridgehead atoms. The van der Waals surface area contributed by atoms with Crippen LogP contribution in [-0.2, 0) is 39.9 Å². The highest BCUT2D eigenvalue weighted by atomic mass is 35.5. The average molecular weight is 477 g/mol. The topological polar surface area (TPSA) is 96.6 Å². The third kappa shape index (κ3) is 5.94. The summed E-state index contributed by atoms with van der Waals surface area (Å²) in [6.07, 6.45) is 5.20. The predicted molar refractivity (Wildman–Crippen MR) is 124 cm³/mol. The van der Waals surface area contributed by atoms with Crippen molar-refractivity contribution in [3.63, 3.8) is 0 Å². The Kier molecular flexibility index (Phi) is 8.78. The number of carbonyl (C=O) groups is 1. The molecule has 3 heterocycles. The zero-order valence-electron chi connectivity index (χ0n) is 18.3. The van der Waals surface area contributed by atoms with Crippen LogP contribution in [0, 0.1) is 0 Å². The summed E-state index contributed by atoms with van der Waals surface area (Å²) in [5.74, 6) is -0.212. The normalized spacial score (nSPS) is 12.2. The molecule has 3 rings (SSSR count). The number of esters is 1. The Morgan fingerprint density at radius 3 is 2.72 bits per heavy atom. The molecular weight excluding hydrogens is 450 g/mol. The zero-order chi connectivity index (χ0) is 23.1. The van der Waals surface area contributed by atoms with Crippen LogP contribution in [0.2, 0.25) is 5.15 Å². The smallest absolute Gasteiger partial charge is 0.305 e. The first-order valence-electron chi connectivity index (χ1n) is 10.8. The van der Waals surface area contributed by atoms with Gasteiger partial charge < -0.3 is 9.29 Å². The van der Waals surface area contributed by atoms with E-state index in [1.54, 1.807) is 13.1 Å². The predicted octanol–water partition coefficient (Wildman–Crippen LogP) is 4.31. The lowest BCUT2D eigenvalue weighted by Gasteiger charge is -2.18. The average Bonchev–Trinajstić information content (AvgIpc) is 3.17. The molecule has 172 valence electrons. The number of ether oxygens (including phenoxy) is 1. The van der Waals surface area contributed by atoms with E-state index in [0.717, 1.165) is 46.4 Å². The minimum Gasteiger partial charge on any atom is -0.772 e. The molecule has 0 amide bonds. The van der Waals surface area contributed by atoms with Crippen molar-refractivity contribution in [2.24, 2.45) is 0 Å². The molecule has 0 saturated carbocycles. The number of unbranched alkanes of at least 4 members (excludes halogenated alkanes) is 1. The number of hydrogen-bond acceptors (Lipinski definition) is 6. The van der Waals surface area contributed by atoms with Crippen LogP contribution >= 0.6 is 11.6 Å². The lowest BCUT2D eigenvalue weighted by atomic mass is 9.94. The molecule has 7 nitrogen and oxygen atoms in total. The van der Waals surface area contributed by atoms with Crippen molar-refractivity contribution in [3.05, 3.63) is 52.6 Å². The molecule has 0 aliphatic heterocycles. The fraction of sp³-hybridized carbons (Fsp3) is 0.435. The largest absolute Gasteiger partial charge is 0.772 e. The number of hydrogen-bond donors (Lipinski definition) is 0. The highest BCUT2D eigenvalue weighted by Gasteiger charge is 2.19. The van der Waals surface area contributed by atoms with Gasteiger partial charge >= 0.3 is 5.97 Å². The standard InChI is InChI=1S/C23H28ClN3O4S/c1-3-17-9-10-20-23(16-11-13-25-21(24)15-16)18(7-5-6-8-22(28)31-4-2)19(26-27(17)20)12-14-32(29)30/h9-11,13,15H,3-8,12,14H2,1-2H3,(H,29,30)/p-1. The second kappa shape index (κ2) is 11.5. The quantitative estimate of drug-likeness (QED) is 0.177. The van der Waals surface area contributed by atoms with E-state index < -0.39 is 11.1 Å². The number of pyridine rings is 1. The Labute approximate surface area is 195 Å². The molecule has 3 aromatic rings. The van der Waals surface area contributed by atoms with Gasteiger partial charge in [0.15, 0.2) is 0 Å². The summed E-state index contributed by atoms with van der Waals surface area (Å²) in [5, 5.41) is 5.22. The van der Waals surface area contributed by atoms with Crippen LogP contribution < -0.4 is 0 Å². The maximum absolute atomic E-state index is 11.7. The molecular formula is C23H27ClN3O4S-. The van der Waals surface area contributed by atoms with Crippen LogP contribution in [0.4, 0.5) is 0 Å². The molecule has 9 heteroatoms. The number of carbonyl (C=O) groups excluding carboxylic acids is 1. The van der Waals surface area contributed by atoms with Gasteiger partial charge in [-0.3, -0.25) is 9.00 Å². The van der Waals surface area contributed by atoms with Crippen molar-refractivity contribution in [1.82, 2.24) is 14.6 Å². The second-order valence-corrected chi connectivity index (χ2v) is 8.82. The number of aromatic nitrogens is 3. The molecule has 0 aliphatic rings. The minimum atomic E-state index is -2.17. The van der Waals surface area contributed by atoms with Gasteiger partial charge in [-0.15, -0.1) is 0 Å². The van der Waals surface area contributed by atoms with Crippen molar-refractivity contribution in [2.75, 3.05) is 12.4 Å². The Bertz CT molecular complexity index is 1120. The number of rotatable bonds is 11. The third-order valence-corrected chi connectivity index (χ3v) is 6.05. The van der Waals surface area contributed by atoms with Crippen molar-refractivity contribution >= 4 is 34.2 Å². The van der Waals surface area contributed by atoms with Crippen LogP contribution in [0.5, 0.6) is 0 Å². The van der Waals surface area contributed by atoms with Crippen LogP contribution in [-0.4, -0.2) is 41.7 Å². The third-order valence-electron chi connectivity index (χ3n) is 5.31. The second-order valence-electron chi connectivity index (χ2n) is 7.41. The molecule has 0 aromatic carbocycles. The summed E-state index contributed by atoms with van der Waals surface area (Å²) in [4.78, 5) is 15.8. The molecule has 0 radical (unpaired) electrons. The Morgan fingerprint density at radius 1 is 1.22 bits per heavy atom. The summed E-state index contributed by atoms with van der Waals surface area (Å²) in [6, 6.07) is 7.78. The monoisotopic (exact) mass is 476 g/mol. The zero-order valence-corrected chi connectivity index (χ0v) is 19.9. The van der Waals surface area contributed by atoms with Crippen molar-refractivity contribution in [1.29, 1.82) is 0 Å². The molecule has 1 unspecified atom stereocenters. The summed E-state index contributed by atoms with van der Waals surface area (Å²) < 4.78 is 29.5. The summed E-state index contributed by atoms with van der Waals surface area (Å²) in [7, 11) is 0. The maximum Gasteiger partial charge on any atom is 0.305 e. The molecule has 0 N–H and O–H groups in total. The van der Waals surface area contributed by atoms with Crippen LogP contribution in [0.15, 0.2) is 30.5 Å². The van der Waals surface area contributed by atoms with Crippen LogP contribution in [0.3, 0.4) is 0 Å². The van der Waals surface area contributed by atoms with Gasteiger partial charge in [0, 0.05) is 36.0 Å².